The number of rotatable bonds is 6. The van der Waals surface area contributed by atoms with Gasteiger partial charge in [-0.3, -0.25) is 0 Å². The van der Waals surface area contributed by atoms with E-state index in [1.807, 2.05) is 0 Å². The van der Waals surface area contributed by atoms with Gasteiger partial charge in [-0.2, -0.15) is 0 Å². The Morgan fingerprint density at radius 1 is 1.62 bits per heavy atom. The van der Waals surface area contributed by atoms with Gasteiger partial charge in [-0.1, -0.05) is 29.5 Å². The predicted molar refractivity (Wildman–Crippen MR) is 65.9 cm³/mol. The van der Waals surface area contributed by atoms with E-state index >= 15 is 0 Å². The molecule has 0 spiro atoms. The van der Waals surface area contributed by atoms with E-state index in [0.29, 0.717) is 11.8 Å². The van der Waals surface area contributed by atoms with Gasteiger partial charge in [-0.15, -0.1) is 11.6 Å². The third kappa shape index (κ3) is 3.92. The summed E-state index contributed by atoms with van der Waals surface area (Å²) in [5.41, 5.74) is -0.120. The fourth-order valence-corrected chi connectivity index (χ4v) is 2.23. The molecule has 0 aromatic rings. The van der Waals surface area contributed by atoms with Crippen LogP contribution in [0, 0.1) is 11.8 Å². The van der Waals surface area contributed by atoms with Crippen molar-refractivity contribution in [1.82, 2.24) is 0 Å². The van der Waals surface area contributed by atoms with Crippen LogP contribution in [0.5, 0.6) is 0 Å². The third-order valence-electron chi connectivity index (χ3n) is 2.69. The molecule has 1 aliphatic rings. The fraction of sp³-hybridized carbons (Fsp3) is 1.00. The molecule has 1 saturated carbocycles. The van der Waals surface area contributed by atoms with E-state index in [-0.39, 0.29) is 5.60 Å². The van der Waals surface area contributed by atoms with Crippen molar-refractivity contribution in [3.05, 3.63) is 0 Å². The molecule has 0 heterocycles. The zero-order chi connectivity index (χ0) is 9.90. The van der Waals surface area contributed by atoms with Crippen molar-refractivity contribution >= 4 is 34.2 Å². The molecule has 13 heavy (non-hydrogen) atoms. The van der Waals surface area contributed by atoms with E-state index in [2.05, 4.69) is 36.4 Å². The van der Waals surface area contributed by atoms with E-state index in [0.717, 1.165) is 17.0 Å². The molecule has 78 valence electrons. The van der Waals surface area contributed by atoms with Gasteiger partial charge in [0.25, 0.3) is 0 Å². The largest absolute Gasteiger partial charge is 0.373 e. The summed E-state index contributed by atoms with van der Waals surface area (Å²) in [6, 6.07) is 0. The first-order valence-electron chi connectivity index (χ1n) is 4.87. The Morgan fingerprint density at radius 2 is 2.23 bits per heavy atom. The lowest BCUT2D eigenvalue weighted by Crippen LogP contribution is -2.34. The van der Waals surface area contributed by atoms with Crippen LogP contribution in [0.15, 0.2) is 0 Å². The summed E-state index contributed by atoms with van der Waals surface area (Å²) >= 11 is 8.19. The van der Waals surface area contributed by atoms with Crippen LogP contribution in [-0.2, 0) is 4.74 Å². The van der Waals surface area contributed by atoms with E-state index < -0.39 is 0 Å². The summed E-state index contributed by atoms with van der Waals surface area (Å²) in [6.07, 6.45) is 2.79. The van der Waals surface area contributed by atoms with Crippen molar-refractivity contribution in [2.24, 2.45) is 11.8 Å². The lowest BCUT2D eigenvalue weighted by atomic mass is 10.1. The molecule has 0 aliphatic heterocycles. The first kappa shape index (κ1) is 12.1. The maximum atomic E-state index is 5.86. The Kier molecular flexibility index (Phi) is 4.79. The van der Waals surface area contributed by atoms with E-state index in [1.54, 1.807) is 0 Å². The van der Waals surface area contributed by atoms with Crippen molar-refractivity contribution in [3.8, 4) is 0 Å². The standard InChI is InChI=1S/C10H18ClIO/c1-8(9-3-4-9)5-13-10(2,6-11)7-12/h8-9H,3-7H2,1-2H3. The van der Waals surface area contributed by atoms with Crippen molar-refractivity contribution in [1.29, 1.82) is 0 Å². The molecule has 2 atom stereocenters. The Hall–Kier alpha value is 0.980. The predicted octanol–water partition coefficient (Wildman–Crippen LogP) is 3.48. The van der Waals surface area contributed by atoms with Gasteiger partial charge in [0.2, 0.25) is 0 Å². The van der Waals surface area contributed by atoms with Crippen molar-refractivity contribution in [3.63, 3.8) is 0 Å². The maximum Gasteiger partial charge on any atom is 0.0878 e. The number of hydrogen-bond donors (Lipinski definition) is 0. The van der Waals surface area contributed by atoms with E-state index in [9.17, 15) is 0 Å². The van der Waals surface area contributed by atoms with Crippen LogP contribution in [-0.4, -0.2) is 22.5 Å². The molecule has 0 aromatic heterocycles. The van der Waals surface area contributed by atoms with Gasteiger partial charge in [-0.05, 0) is 31.6 Å². The van der Waals surface area contributed by atoms with Crippen molar-refractivity contribution in [2.75, 3.05) is 16.9 Å². The first-order valence-corrected chi connectivity index (χ1v) is 6.93. The van der Waals surface area contributed by atoms with Crippen LogP contribution in [0.25, 0.3) is 0 Å². The van der Waals surface area contributed by atoms with Crippen molar-refractivity contribution in [2.45, 2.75) is 32.3 Å². The lowest BCUT2D eigenvalue weighted by molar-refractivity contribution is -0.0148. The summed E-state index contributed by atoms with van der Waals surface area (Å²) in [6.45, 7) is 5.24. The minimum Gasteiger partial charge on any atom is -0.373 e. The minimum atomic E-state index is -0.120. The van der Waals surface area contributed by atoms with Crippen LogP contribution in [0.3, 0.4) is 0 Å². The average Bonchev–Trinajstić information content (AvgIpc) is 2.97. The Balaban J connectivity index is 2.22. The number of ether oxygens (including phenoxy) is 1. The SMILES string of the molecule is CC(COC(C)(CCl)CI)C1CC1. The summed E-state index contributed by atoms with van der Waals surface area (Å²) in [5, 5.41) is 0. The van der Waals surface area contributed by atoms with Gasteiger partial charge in [0, 0.05) is 4.43 Å². The van der Waals surface area contributed by atoms with Gasteiger partial charge >= 0.3 is 0 Å². The molecule has 1 fully saturated rings. The smallest absolute Gasteiger partial charge is 0.0878 e. The summed E-state index contributed by atoms with van der Waals surface area (Å²) in [7, 11) is 0. The van der Waals surface area contributed by atoms with Crippen LogP contribution < -0.4 is 0 Å². The molecule has 0 radical (unpaired) electrons. The zero-order valence-electron chi connectivity index (χ0n) is 8.35. The molecule has 2 unspecified atom stereocenters. The van der Waals surface area contributed by atoms with Crippen molar-refractivity contribution < 1.29 is 4.74 Å². The van der Waals surface area contributed by atoms with Gasteiger partial charge in [-0.25, -0.2) is 0 Å². The minimum absolute atomic E-state index is 0.120. The Morgan fingerprint density at radius 3 is 2.62 bits per heavy atom. The van der Waals surface area contributed by atoms with Crippen LogP contribution in [0.2, 0.25) is 0 Å². The highest BCUT2D eigenvalue weighted by Gasteiger charge is 2.30. The van der Waals surface area contributed by atoms with E-state index in [4.69, 9.17) is 16.3 Å². The molecule has 1 aliphatic carbocycles. The second-order valence-corrected chi connectivity index (χ2v) is 5.37. The molecule has 0 aromatic carbocycles. The van der Waals surface area contributed by atoms with Gasteiger partial charge in [0.15, 0.2) is 0 Å². The molecule has 0 bridgehead atoms. The molecule has 3 heteroatoms. The van der Waals surface area contributed by atoms with Crippen LogP contribution in [0.1, 0.15) is 26.7 Å². The molecular formula is C10H18ClIO. The first-order chi connectivity index (χ1) is 6.11. The van der Waals surface area contributed by atoms with Crippen LogP contribution in [0.4, 0.5) is 0 Å². The second kappa shape index (κ2) is 5.17. The summed E-state index contributed by atoms with van der Waals surface area (Å²) in [5.74, 6) is 2.23. The third-order valence-corrected chi connectivity index (χ3v) is 4.87. The molecular weight excluding hydrogens is 298 g/mol. The molecule has 1 nitrogen and oxygen atoms in total. The number of halogens is 2. The lowest BCUT2D eigenvalue weighted by Gasteiger charge is -2.27. The highest BCUT2D eigenvalue weighted by atomic mass is 127. The normalized spacial score (nSPS) is 24.0. The van der Waals surface area contributed by atoms with Gasteiger partial charge in [0.05, 0.1) is 18.1 Å². The average molecular weight is 317 g/mol. The van der Waals surface area contributed by atoms with Gasteiger partial charge in [0.1, 0.15) is 0 Å². The fourth-order valence-electron chi connectivity index (χ4n) is 1.25. The summed E-state index contributed by atoms with van der Waals surface area (Å²) < 4.78 is 6.82. The second-order valence-electron chi connectivity index (χ2n) is 4.34. The van der Waals surface area contributed by atoms with Crippen LogP contribution >= 0.6 is 34.2 Å². The zero-order valence-corrected chi connectivity index (χ0v) is 11.3. The highest BCUT2D eigenvalue weighted by molar-refractivity contribution is 14.1. The Labute approximate surface area is 99.7 Å². The maximum absolute atomic E-state index is 5.86. The quantitative estimate of drug-likeness (QED) is 0.538. The Bertz CT molecular complexity index is 155. The molecule has 0 saturated heterocycles. The monoisotopic (exact) mass is 316 g/mol. The number of hydrogen-bond acceptors (Lipinski definition) is 1. The topological polar surface area (TPSA) is 9.23 Å². The highest BCUT2D eigenvalue weighted by Crippen LogP contribution is 2.37. The van der Waals surface area contributed by atoms with E-state index in [1.165, 1.54) is 12.8 Å². The molecule has 1 rings (SSSR count). The van der Waals surface area contributed by atoms with Gasteiger partial charge < -0.3 is 4.74 Å². The summed E-state index contributed by atoms with van der Waals surface area (Å²) in [4.78, 5) is 0. The number of alkyl halides is 2. The molecule has 0 N–H and O–H groups in total. The molecule has 0 amide bonds.